The van der Waals surface area contributed by atoms with Gasteiger partial charge in [-0.15, -0.1) is 0 Å². The van der Waals surface area contributed by atoms with Gasteiger partial charge in [-0.25, -0.2) is 0 Å². The van der Waals surface area contributed by atoms with E-state index in [0.29, 0.717) is 0 Å². The Hall–Kier alpha value is -0.770. The molecule has 0 atom stereocenters. The van der Waals surface area contributed by atoms with Crippen molar-refractivity contribution in [3.05, 3.63) is 28.3 Å². The molecule has 0 saturated heterocycles. The van der Waals surface area contributed by atoms with E-state index in [9.17, 15) is 0 Å². The Morgan fingerprint density at radius 1 is 1.42 bits per heavy atom. The summed E-state index contributed by atoms with van der Waals surface area (Å²) in [6.07, 6.45) is 0.952. The van der Waals surface area contributed by atoms with E-state index < -0.39 is 0 Å². The summed E-state index contributed by atoms with van der Waals surface area (Å²) in [5, 5.41) is 4.20. The maximum Gasteiger partial charge on any atom is 0.127 e. The number of halogens is 1. The Balaban J connectivity index is 1.97. The lowest BCUT2D eigenvalue weighted by atomic mass is 10.1. The molecule has 0 aromatic heterocycles. The molecule has 1 heterocycles. The summed E-state index contributed by atoms with van der Waals surface area (Å²) in [5.74, 6) is 1.01. The molecular weight excluding hydrogens is 262 g/mol. The van der Waals surface area contributed by atoms with Gasteiger partial charge in [0.25, 0.3) is 0 Å². The quantitative estimate of drug-likeness (QED) is 0.870. The molecule has 0 aliphatic carbocycles. The number of nitrogens with one attached hydrogen (secondary N) is 1. The topological polar surface area (TPSA) is 30.5 Å². The number of benzene rings is 1. The minimum Gasteiger partial charge on any atom is -0.493 e. The molecule has 1 aromatic carbocycles. The number of hydrogen-bond donors (Lipinski definition) is 1. The molecule has 1 aromatic rings. The Morgan fingerprint density at radius 3 is 2.95 bits per heavy atom. The van der Waals surface area contributed by atoms with E-state index in [2.05, 4.69) is 19.2 Å². The summed E-state index contributed by atoms with van der Waals surface area (Å²) in [5.41, 5.74) is 2.19. The van der Waals surface area contributed by atoms with E-state index >= 15 is 0 Å². The highest BCUT2D eigenvalue weighted by atomic mass is 35.5. The van der Waals surface area contributed by atoms with Crippen LogP contribution in [0, 0.1) is 0 Å². The molecule has 1 N–H and O–H groups in total. The van der Waals surface area contributed by atoms with Crippen molar-refractivity contribution < 1.29 is 9.47 Å². The lowest BCUT2D eigenvalue weighted by Crippen LogP contribution is -2.37. The zero-order valence-corrected chi connectivity index (χ0v) is 12.6. The maximum absolute atomic E-state index is 6.14. The monoisotopic (exact) mass is 283 g/mol. The molecular formula is C15H22ClNO2. The molecule has 1 aliphatic rings. The van der Waals surface area contributed by atoms with Crippen LogP contribution in [0.2, 0.25) is 5.02 Å². The van der Waals surface area contributed by atoms with Crippen LogP contribution < -0.4 is 10.1 Å². The molecule has 106 valence electrons. The summed E-state index contributed by atoms with van der Waals surface area (Å²) in [6, 6.07) is 3.98. The first kappa shape index (κ1) is 14.6. The zero-order chi connectivity index (χ0) is 13.9. The van der Waals surface area contributed by atoms with Crippen LogP contribution in [0.4, 0.5) is 0 Å². The first-order chi connectivity index (χ1) is 9.02. The second-order valence-corrected chi connectivity index (χ2v) is 5.88. The van der Waals surface area contributed by atoms with Crippen molar-refractivity contribution in [1.29, 1.82) is 0 Å². The SMILES string of the molecule is CCOC(C)(C)CNCc1cc(Cl)cc2c1OCC2. The van der Waals surface area contributed by atoms with Gasteiger partial charge < -0.3 is 14.8 Å². The van der Waals surface area contributed by atoms with Crippen LogP contribution in [0.15, 0.2) is 12.1 Å². The highest BCUT2D eigenvalue weighted by Crippen LogP contribution is 2.32. The van der Waals surface area contributed by atoms with Crippen LogP contribution in [0.5, 0.6) is 5.75 Å². The summed E-state index contributed by atoms with van der Waals surface area (Å²) in [7, 11) is 0. The highest BCUT2D eigenvalue weighted by molar-refractivity contribution is 6.30. The Kier molecular flexibility index (Phi) is 4.71. The largest absolute Gasteiger partial charge is 0.493 e. The van der Waals surface area contributed by atoms with Gasteiger partial charge >= 0.3 is 0 Å². The predicted octanol–water partition coefficient (Wildman–Crippen LogP) is 3.18. The van der Waals surface area contributed by atoms with Gasteiger partial charge in [0.05, 0.1) is 12.2 Å². The number of fused-ring (bicyclic) bond motifs is 1. The normalized spacial score (nSPS) is 14.3. The van der Waals surface area contributed by atoms with Crippen LogP contribution in [0.25, 0.3) is 0 Å². The Bertz CT molecular complexity index is 446. The fourth-order valence-corrected chi connectivity index (χ4v) is 2.68. The third-order valence-electron chi connectivity index (χ3n) is 3.23. The van der Waals surface area contributed by atoms with E-state index in [0.717, 1.165) is 49.1 Å². The van der Waals surface area contributed by atoms with Crippen molar-refractivity contribution in [2.45, 2.75) is 39.3 Å². The van der Waals surface area contributed by atoms with Gasteiger partial charge in [0.2, 0.25) is 0 Å². The van der Waals surface area contributed by atoms with Gasteiger partial charge in [-0.3, -0.25) is 0 Å². The van der Waals surface area contributed by atoms with Crippen LogP contribution in [0.1, 0.15) is 31.9 Å². The van der Waals surface area contributed by atoms with Crippen LogP contribution in [0.3, 0.4) is 0 Å². The second-order valence-electron chi connectivity index (χ2n) is 5.45. The molecule has 0 amide bonds. The standard InChI is InChI=1S/C15H22ClNO2/c1-4-19-15(2,3)10-17-9-12-8-13(16)7-11-5-6-18-14(11)12/h7-8,17H,4-6,9-10H2,1-3H3. The zero-order valence-electron chi connectivity index (χ0n) is 11.9. The van der Waals surface area contributed by atoms with Gasteiger partial charge in [-0.2, -0.15) is 0 Å². The van der Waals surface area contributed by atoms with Crippen molar-refractivity contribution in [2.24, 2.45) is 0 Å². The molecule has 0 bridgehead atoms. The molecule has 19 heavy (non-hydrogen) atoms. The smallest absolute Gasteiger partial charge is 0.127 e. The molecule has 0 unspecified atom stereocenters. The van der Waals surface area contributed by atoms with Gasteiger partial charge in [-0.1, -0.05) is 11.6 Å². The molecule has 3 nitrogen and oxygen atoms in total. The molecule has 0 radical (unpaired) electrons. The Morgan fingerprint density at radius 2 is 2.21 bits per heavy atom. The van der Waals surface area contributed by atoms with E-state index in [1.165, 1.54) is 5.56 Å². The lowest BCUT2D eigenvalue weighted by Gasteiger charge is -2.25. The highest BCUT2D eigenvalue weighted by Gasteiger charge is 2.20. The second kappa shape index (κ2) is 6.12. The molecule has 1 aliphatic heterocycles. The average molecular weight is 284 g/mol. The van der Waals surface area contributed by atoms with Crippen LogP contribution in [-0.4, -0.2) is 25.4 Å². The molecule has 0 saturated carbocycles. The van der Waals surface area contributed by atoms with Gasteiger partial charge in [0.1, 0.15) is 5.75 Å². The average Bonchev–Trinajstić information content (AvgIpc) is 2.76. The van der Waals surface area contributed by atoms with E-state index in [1.54, 1.807) is 0 Å². The summed E-state index contributed by atoms with van der Waals surface area (Å²) < 4.78 is 11.3. The van der Waals surface area contributed by atoms with Crippen molar-refractivity contribution in [2.75, 3.05) is 19.8 Å². The van der Waals surface area contributed by atoms with Crippen LogP contribution in [-0.2, 0) is 17.7 Å². The van der Waals surface area contributed by atoms with Crippen molar-refractivity contribution in [1.82, 2.24) is 5.32 Å². The predicted molar refractivity (Wildman–Crippen MR) is 78.1 cm³/mol. The number of ether oxygens (including phenoxy) is 2. The van der Waals surface area contributed by atoms with Crippen molar-refractivity contribution in [3.63, 3.8) is 0 Å². The van der Waals surface area contributed by atoms with E-state index in [-0.39, 0.29) is 5.60 Å². The molecule has 2 rings (SSSR count). The van der Waals surface area contributed by atoms with Gasteiger partial charge in [0.15, 0.2) is 0 Å². The van der Waals surface area contributed by atoms with Crippen LogP contribution >= 0.6 is 11.6 Å². The third kappa shape index (κ3) is 3.85. The first-order valence-electron chi connectivity index (χ1n) is 6.80. The van der Waals surface area contributed by atoms with Gasteiger partial charge in [-0.05, 0) is 38.5 Å². The number of hydrogen-bond acceptors (Lipinski definition) is 3. The molecule has 4 heteroatoms. The summed E-state index contributed by atoms with van der Waals surface area (Å²) in [4.78, 5) is 0. The van der Waals surface area contributed by atoms with E-state index in [1.807, 2.05) is 19.1 Å². The number of rotatable bonds is 6. The lowest BCUT2D eigenvalue weighted by molar-refractivity contribution is -0.00900. The van der Waals surface area contributed by atoms with Crippen molar-refractivity contribution >= 4 is 11.6 Å². The maximum atomic E-state index is 6.14. The summed E-state index contributed by atoms with van der Waals surface area (Å²) >= 11 is 6.14. The first-order valence-corrected chi connectivity index (χ1v) is 7.18. The fraction of sp³-hybridized carbons (Fsp3) is 0.600. The Labute approximate surface area is 120 Å². The summed E-state index contributed by atoms with van der Waals surface area (Å²) in [6.45, 7) is 9.21. The molecule has 0 fully saturated rings. The molecule has 0 spiro atoms. The fourth-order valence-electron chi connectivity index (χ4n) is 2.42. The van der Waals surface area contributed by atoms with Crippen molar-refractivity contribution in [3.8, 4) is 5.75 Å². The van der Waals surface area contributed by atoms with E-state index in [4.69, 9.17) is 21.1 Å². The minimum atomic E-state index is -0.155. The van der Waals surface area contributed by atoms with Gasteiger partial charge in [0, 0.05) is 36.7 Å². The minimum absolute atomic E-state index is 0.155. The third-order valence-corrected chi connectivity index (χ3v) is 3.44.